The van der Waals surface area contributed by atoms with Crippen molar-refractivity contribution in [2.75, 3.05) is 45.9 Å². The van der Waals surface area contributed by atoms with Gasteiger partial charge in [0.05, 0.1) is 11.4 Å². The lowest BCUT2D eigenvalue weighted by atomic mass is 9.80. The normalized spacial score (nSPS) is 16.4. The summed E-state index contributed by atoms with van der Waals surface area (Å²) >= 11 is 0. The summed E-state index contributed by atoms with van der Waals surface area (Å²) in [6.45, 7) is 13.4. The van der Waals surface area contributed by atoms with Crippen molar-refractivity contribution in [3.8, 4) is 0 Å². The summed E-state index contributed by atoms with van der Waals surface area (Å²) < 4.78 is 13.6. The summed E-state index contributed by atoms with van der Waals surface area (Å²) in [7, 11) is 0. The van der Waals surface area contributed by atoms with Crippen LogP contribution in [0.4, 0.5) is 0 Å². The van der Waals surface area contributed by atoms with Crippen LogP contribution in [-0.4, -0.2) is 77.2 Å². The number of pyridine rings is 1. The second-order valence-corrected chi connectivity index (χ2v) is 14.6. The molecule has 272 valence electrons. The third-order valence-corrected chi connectivity index (χ3v) is 11.2. The number of carbonyl (C=O) groups is 2. The van der Waals surface area contributed by atoms with Crippen LogP contribution in [0, 0.1) is 19.8 Å². The molecule has 2 aliphatic rings. The zero-order valence-electron chi connectivity index (χ0n) is 31.0. The molecular formula is C44H52N4O4. The highest BCUT2D eigenvalue weighted by atomic mass is 16.5. The Balaban J connectivity index is 1.12. The van der Waals surface area contributed by atoms with Gasteiger partial charge >= 0.3 is 5.97 Å². The quantitative estimate of drug-likeness (QED) is 0.125. The number of fused-ring (bicyclic) bond motifs is 3. The first kappa shape index (κ1) is 35.9. The van der Waals surface area contributed by atoms with Gasteiger partial charge in [0.15, 0.2) is 0 Å². The molecule has 7 rings (SSSR count). The van der Waals surface area contributed by atoms with Crippen molar-refractivity contribution < 1.29 is 19.1 Å². The number of aromatic nitrogens is 2. The minimum atomic E-state index is -0.205. The van der Waals surface area contributed by atoms with Crippen LogP contribution in [0.5, 0.6) is 0 Å². The summed E-state index contributed by atoms with van der Waals surface area (Å²) in [5.74, 6) is 0.204. The number of carbonyl (C=O) groups excluding carboxylic acids is 2. The number of hydrogen-bond donors (Lipinski definition) is 0. The maximum Gasteiger partial charge on any atom is 0.306 e. The number of benzene rings is 3. The molecule has 0 saturated carbocycles. The number of esters is 1. The SMILES string of the molecule is CCCN1CCN(C(=O)[C@H](c2ccc(Cn3c4ccccc4c4c(C)c(CCC(=O)OCc5ccccc5)c(C)nc43)cc2)C2CCOCC2)CC1. The lowest BCUT2D eigenvalue weighted by Gasteiger charge is -2.39. The number of aryl methyl sites for hydroxylation is 2. The van der Waals surface area contributed by atoms with Crippen molar-refractivity contribution in [3.05, 3.63) is 112 Å². The minimum absolute atomic E-state index is 0.148. The van der Waals surface area contributed by atoms with Crippen molar-refractivity contribution in [3.63, 3.8) is 0 Å². The molecule has 2 saturated heterocycles. The van der Waals surface area contributed by atoms with E-state index in [9.17, 15) is 9.59 Å². The third-order valence-electron chi connectivity index (χ3n) is 11.2. The van der Waals surface area contributed by atoms with Crippen molar-refractivity contribution in [2.45, 2.75) is 71.9 Å². The van der Waals surface area contributed by atoms with Gasteiger partial charge in [-0.15, -0.1) is 0 Å². The molecule has 0 unspecified atom stereocenters. The first-order valence-electron chi connectivity index (χ1n) is 19.2. The van der Waals surface area contributed by atoms with E-state index in [0.29, 0.717) is 19.4 Å². The van der Waals surface area contributed by atoms with Crippen LogP contribution in [-0.2, 0) is 38.6 Å². The zero-order chi connectivity index (χ0) is 36.0. The smallest absolute Gasteiger partial charge is 0.306 e. The summed E-state index contributed by atoms with van der Waals surface area (Å²) in [6, 6.07) is 27.1. The van der Waals surface area contributed by atoms with E-state index in [1.807, 2.05) is 37.3 Å². The average molecular weight is 701 g/mol. The molecular weight excluding hydrogens is 649 g/mol. The molecule has 4 heterocycles. The third kappa shape index (κ3) is 7.79. The van der Waals surface area contributed by atoms with E-state index in [-0.39, 0.29) is 30.3 Å². The molecule has 0 aliphatic carbocycles. The molecule has 0 spiro atoms. The lowest BCUT2D eigenvalue weighted by molar-refractivity contribution is -0.145. The van der Waals surface area contributed by atoms with Crippen molar-refractivity contribution in [1.29, 1.82) is 0 Å². The van der Waals surface area contributed by atoms with Crippen molar-refractivity contribution in [1.82, 2.24) is 19.4 Å². The van der Waals surface area contributed by atoms with Crippen LogP contribution in [0.3, 0.4) is 0 Å². The van der Waals surface area contributed by atoms with Gasteiger partial charge in [0.2, 0.25) is 5.91 Å². The van der Waals surface area contributed by atoms with Gasteiger partial charge in [-0.25, -0.2) is 4.98 Å². The van der Waals surface area contributed by atoms with Gasteiger partial charge in [0.1, 0.15) is 12.3 Å². The Labute approximate surface area is 307 Å². The summed E-state index contributed by atoms with van der Waals surface area (Å²) in [5.41, 5.74) is 8.55. The van der Waals surface area contributed by atoms with Gasteiger partial charge in [-0.3, -0.25) is 14.5 Å². The number of ether oxygens (including phenoxy) is 2. The van der Waals surface area contributed by atoms with E-state index in [1.54, 1.807) is 0 Å². The molecule has 2 fully saturated rings. The molecule has 8 heteroatoms. The maximum absolute atomic E-state index is 14.2. The predicted octanol–water partition coefficient (Wildman–Crippen LogP) is 7.60. The largest absolute Gasteiger partial charge is 0.461 e. The Morgan fingerprint density at radius 1 is 0.885 bits per heavy atom. The van der Waals surface area contributed by atoms with E-state index >= 15 is 0 Å². The van der Waals surface area contributed by atoms with E-state index in [2.05, 4.69) is 76.7 Å². The van der Waals surface area contributed by atoms with Crippen LogP contribution < -0.4 is 0 Å². The predicted molar refractivity (Wildman–Crippen MR) is 206 cm³/mol. The molecule has 0 radical (unpaired) electrons. The van der Waals surface area contributed by atoms with Gasteiger partial charge < -0.3 is 18.9 Å². The number of piperazine rings is 1. The highest BCUT2D eigenvalue weighted by Crippen LogP contribution is 2.36. The molecule has 5 aromatic rings. The number of rotatable bonds is 12. The van der Waals surface area contributed by atoms with Gasteiger partial charge in [0.25, 0.3) is 0 Å². The Morgan fingerprint density at radius 3 is 2.33 bits per heavy atom. The monoisotopic (exact) mass is 700 g/mol. The fourth-order valence-electron chi connectivity index (χ4n) is 8.37. The first-order valence-corrected chi connectivity index (χ1v) is 19.2. The van der Waals surface area contributed by atoms with Crippen molar-refractivity contribution in [2.24, 2.45) is 5.92 Å². The second kappa shape index (κ2) is 16.4. The van der Waals surface area contributed by atoms with Gasteiger partial charge in [-0.2, -0.15) is 0 Å². The highest BCUT2D eigenvalue weighted by Gasteiger charge is 2.35. The van der Waals surface area contributed by atoms with Gasteiger partial charge in [-0.05, 0) is 85.9 Å². The molecule has 52 heavy (non-hydrogen) atoms. The van der Waals surface area contributed by atoms with Crippen LogP contribution in [0.1, 0.15) is 72.0 Å². The first-order chi connectivity index (χ1) is 25.4. The second-order valence-electron chi connectivity index (χ2n) is 14.6. The number of para-hydroxylation sites is 1. The number of nitrogens with zero attached hydrogens (tertiary/aromatic N) is 4. The molecule has 3 aromatic carbocycles. The van der Waals surface area contributed by atoms with Gasteiger partial charge in [-0.1, -0.05) is 79.7 Å². The summed E-state index contributed by atoms with van der Waals surface area (Å²) in [5, 5.41) is 2.30. The summed E-state index contributed by atoms with van der Waals surface area (Å²) in [4.78, 5) is 36.7. The molecule has 0 bridgehead atoms. The minimum Gasteiger partial charge on any atom is -0.461 e. The van der Waals surface area contributed by atoms with Crippen LogP contribution in [0.25, 0.3) is 21.9 Å². The summed E-state index contributed by atoms with van der Waals surface area (Å²) in [6.07, 6.45) is 3.85. The fourth-order valence-corrected chi connectivity index (χ4v) is 8.37. The van der Waals surface area contributed by atoms with Gasteiger partial charge in [0, 0.05) is 68.8 Å². The Morgan fingerprint density at radius 2 is 1.60 bits per heavy atom. The standard InChI is InChI=1S/C44H52N4O4/c1-4-22-46-23-25-47(26-24-46)44(50)42(36-20-27-51-28-21-36)35-16-14-33(15-17-35)29-48-39-13-9-8-12-38(39)41-31(2)37(32(3)45-43(41)48)18-19-40(49)52-30-34-10-6-5-7-11-34/h5-17,36,42H,4,18-30H2,1-3H3/t42-/m1/s1. The Hall–Kier alpha value is -4.53. The molecule has 0 N–H and O–H groups in total. The van der Waals surface area contributed by atoms with E-state index in [4.69, 9.17) is 14.5 Å². The molecule has 2 aliphatic heterocycles. The molecule has 8 nitrogen and oxygen atoms in total. The van der Waals surface area contributed by atoms with Crippen LogP contribution in [0.15, 0.2) is 78.9 Å². The molecule has 1 atom stereocenters. The van der Waals surface area contributed by atoms with E-state index in [1.165, 1.54) is 5.56 Å². The van der Waals surface area contributed by atoms with Crippen LogP contribution in [0.2, 0.25) is 0 Å². The molecule has 1 amide bonds. The maximum atomic E-state index is 14.2. The Kier molecular flexibility index (Phi) is 11.3. The van der Waals surface area contributed by atoms with E-state index in [0.717, 1.165) is 115 Å². The highest BCUT2D eigenvalue weighted by molar-refractivity contribution is 6.08. The molecule has 2 aromatic heterocycles. The average Bonchev–Trinajstić information content (AvgIpc) is 3.48. The lowest BCUT2D eigenvalue weighted by Crippen LogP contribution is -2.51. The number of hydrogen-bond acceptors (Lipinski definition) is 6. The Bertz CT molecular complexity index is 1990. The fraction of sp³-hybridized carbons (Fsp3) is 0.432. The van der Waals surface area contributed by atoms with E-state index < -0.39 is 0 Å². The topological polar surface area (TPSA) is 76.9 Å². The van der Waals surface area contributed by atoms with Crippen LogP contribution >= 0.6 is 0 Å². The number of amides is 1. The van der Waals surface area contributed by atoms with Crippen molar-refractivity contribution >= 4 is 33.8 Å². The zero-order valence-corrected chi connectivity index (χ0v) is 31.0.